The van der Waals surface area contributed by atoms with Crippen molar-refractivity contribution in [2.45, 2.75) is 42.8 Å². The lowest BCUT2D eigenvalue weighted by Gasteiger charge is -2.24. The first-order valence-corrected chi connectivity index (χ1v) is 24.4. The van der Waals surface area contributed by atoms with Crippen LogP contribution in [-0.4, -0.2) is 75.9 Å². The van der Waals surface area contributed by atoms with Gasteiger partial charge in [0.2, 0.25) is 0 Å². The Balaban J connectivity index is 0.000000169. The number of benzene rings is 3. The molecule has 0 atom stereocenters. The zero-order valence-electron chi connectivity index (χ0n) is 38.2. The van der Waals surface area contributed by atoms with Crippen LogP contribution in [-0.2, 0) is 19.5 Å². The Morgan fingerprint density at radius 3 is 1.69 bits per heavy atom. The van der Waals surface area contributed by atoms with E-state index in [2.05, 4.69) is 37.1 Å². The van der Waals surface area contributed by atoms with Gasteiger partial charge in [0.15, 0.2) is 5.65 Å². The smallest absolute Gasteiger partial charge is 0.269 e. The second-order valence-electron chi connectivity index (χ2n) is 17.0. The Hall–Kier alpha value is -8.61. The molecule has 16 nitrogen and oxygen atoms in total. The minimum atomic E-state index is -4.03. The molecule has 2 aliphatic rings. The average molecular weight is 963 g/mol. The topological polar surface area (TPSA) is 243 Å². The van der Waals surface area contributed by atoms with Crippen molar-refractivity contribution in [3.63, 3.8) is 0 Å². The predicted octanol–water partition coefficient (Wildman–Crippen LogP) is 9.32. The number of hydrogen-bond acceptors (Lipinski definition) is 14. The maximum atomic E-state index is 14.0. The van der Waals surface area contributed by atoms with Gasteiger partial charge in [-0.1, -0.05) is 30.3 Å². The van der Waals surface area contributed by atoms with E-state index in [1.165, 1.54) is 10.2 Å². The van der Waals surface area contributed by atoms with Gasteiger partial charge in [0.25, 0.3) is 10.0 Å². The fourth-order valence-electron chi connectivity index (χ4n) is 8.75. The normalized spacial score (nSPS) is 14.3. The van der Waals surface area contributed by atoms with Gasteiger partial charge in [0.1, 0.15) is 53.1 Å². The van der Waals surface area contributed by atoms with Crippen LogP contribution in [0.4, 0.5) is 11.6 Å². The molecular weight excluding hydrogens is 917 g/mol. The van der Waals surface area contributed by atoms with Crippen LogP contribution in [0.5, 0.6) is 11.5 Å². The zero-order valence-corrected chi connectivity index (χ0v) is 39.1. The van der Waals surface area contributed by atoms with Crippen LogP contribution < -0.4 is 20.9 Å². The Kier molecular flexibility index (Phi) is 13.1. The molecule has 8 heterocycles. The van der Waals surface area contributed by atoms with E-state index < -0.39 is 10.0 Å². The quantitative estimate of drug-likeness (QED) is 0.116. The molecule has 3 aromatic carbocycles. The first-order chi connectivity index (χ1) is 34.7. The molecule has 0 spiro atoms. The van der Waals surface area contributed by atoms with E-state index in [1.807, 2.05) is 48.5 Å². The maximum absolute atomic E-state index is 14.0. The van der Waals surface area contributed by atoms with Crippen LogP contribution in [0.2, 0.25) is 0 Å². The highest BCUT2D eigenvalue weighted by Gasteiger charge is 2.27. The average Bonchev–Trinajstić information content (AvgIpc) is 4.04. The molecular formula is C54H46N10O6S. The van der Waals surface area contributed by atoms with Crippen molar-refractivity contribution in [1.29, 1.82) is 10.5 Å². The molecule has 0 amide bonds. The summed E-state index contributed by atoms with van der Waals surface area (Å²) >= 11 is 0. The van der Waals surface area contributed by atoms with Crippen molar-refractivity contribution in [2.24, 2.45) is 0 Å². The largest absolute Gasteiger partial charge is 0.489 e. The summed E-state index contributed by atoms with van der Waals surface area (Å²) in [6.45, 7) is 2.65. The fourth-order valence-corrected chi connectivity index (χ4v) is 10.2. The van der Waals surface area contributed by atoms with Gasteiger partial charge in [-0.25, -0.2) is 32.3 Å². The van der Waals surface area contributed by atoms with E-state index in [1.54, 1.807) is 85.3 Å². The molecule has 2 aliphatic heterocycles. The number of nitrogens with one attached hydrogen (secondary N) is 1. The van der Waals surface area contributed by atoms with E-state index in [4.69, 9.17) is 30.4 Å². The van der Waals surface area contributed by atoms with Crippen molar-refractivity contribution in [2.75, 3.05) is 37.9 Å². The second-order valence-corrected chi connectivity index (χ2v) is 18.7. The Labute approximate surface area is 409 Å². The standard InChI is InChI=1S/C30H25N5O4S.C24H21N5O2/c31-18-22-16-20(6-8-28(22)39-23-11-14-38-15-12-23)25-10-13-33-30-26(25)17-27(21-7-9-29(32)34-19-21)35(30)40(36,37)24-4-2-1-3-5-24;25-13-17-11-15(1-3-22(17)31-18-6-9-30-10-7-18)19-5-8-27-24-20(19)12-21(29-24)16-2-4-23(26)28-14-16/h1-10,13,16-17,19,23H,11-12,14-15H2,(H2,32,34);1-5,8,11-12,14,18H,6-7,9-10H2,(H2,26,28)(H,27,29). The fraction of sp³-hybridized carbons (Fsp3) is 0.185. The van der Waals surface area contributed by atoms with E-state index in [-0.39, 0.29) is 22.8 Å². The van der Waals surface area contributed by atoms with E-state index in [9.17, 15) is 18.9 Å². The highest BCUT2D eigenvalue weighted by Crippen LogP contribution is 2.39. The third-order valence-electron chi connectivity index (χ3n) is 12.4. The maximum Gasteiger partial charge on any atom is 0.269 e. The molecule has 0 saturated carbocycles. The summed E-state index contributed by atoms with van der Waals surface area (Å²) in [5.74, 6) is 1.93. The molecule has 5 N–H and O–H groups in total. The predicted molar refractivity (Wildman–Crippen MR) is 269 cm³/mol. The number of anilines is 2. The number of ether oxygens (including phenoxy) is 4. The number of nitrogens with zero attached hydrogens (tertiary/aromatic N) is 7. The minimum Gasteiger partial charge on any atom is -0.489 e. The summed E-state index contributed by atoms with van der Waals surface area (Å²) in [5, 5.41) is 21.2. The number of H-pyrrole nitrogens is 1. The van der Waals surface area contributed by atoms with Crippen molar-refractivity contribution < 1.29 is 27.4 Å². The summed E-state index contributed by atoms with van der Waals surface area (Å²) < 4.78 is 52.2. The summed E-state index contributed by atoms with van der Waals surface area (Å²) in [5.41, 5.74) is 19.6. The lowest BCUT2D eigenvalue weighted by molar-refractivity contribution is 0.0252. The minimum absolute atomic E-state index is 0.00682. The van der Waals surface area contributed by atoms with Gasteiger partial charge in [0, 0.05) is 78.1 Å². The molecule has 2 fully saturated rings. The third-order valence-corrected chi connectivity index (χ3v) is 14.1. The molecule has 17 heteroatoms. The van der Waals surface area contributed by atoms with Crippen LogP contribution in [0.3, 0.4) is 0 Å². The number of hydrogen-bond donors (Lipinski definition) is 3. The molecule has 71 heavy (non-hydrogen) atoms. The number of rotatable bonds is 10. The molecule has 6 aromatic heterocycles. The molecule has 0 bridgehead atoms. The van der Waals surface area contributed by atoms with E-state index in [0.717, 1.165) is 70.2 Å². The molecule has 9 aromatic rings. The number of aromatic nitrogens is 6. The highest BCUT2D eigenvalue weighted by molar-refractivity contribution is 7.90. The first kappa shape index (κ1) is 46.1. The number of nitriles is 2. The van der Waals surface area contributed by atoms with Gasteiger partial charge in [0.05, 0.1) is 48.1 Å². The monoisotopic (exact) mass is 962 g/mol. The summed E-state index contributed by atoms with van der Waals surface area (Å²) in [6, 6.07) is 38.5. The van der Waals surface area contributed by atoms with Gasteiger partial charge >= 0.3 is 0 Å². The van der Waals surface area contributed by atoms with Gasteiger partial charge in [-0.05, 0) is 107 Å². The molecule has 11 rings (SSSR count). The van der Waals surface area contributed by atoms with Crippen molar-refractivity contribution >= 4 is 43.7 Å². The molecule has 354 valence electrons. The first-order valence-electron chi connectivity index (χ1n) is 23.0. The van der Waals surface area contributed by atoms with Gasteiger partial charge in [-0.2, -0.15) is 10.5 Å². The van der Waals surface area contributed by atoms with Crippen LogP contribution >= 0.6 is 0 Å². The van der Waals surface area contributed by atoms with Crippen LogP contribution in [0.1, 0.15) is 36.8 Å². The summed E-state index contributed by atoms with van der Waals surface area (Å²) in [4.78, 5) is 20.8. The Bertz CT molecular complexity index is 3580. The molecule has 0 unspecified atom stereocenters. The Morgan fingerprint density at radius 2 is 1.14 bits per heavy atom. The number of fused-ring (bicyclic) bond motifs is 2. The lowest BCUT2D eigenvalue weighted by Crippen LogP contribution is -2.26. The third kappa shape index (κ3) is 9.70. The van der Waals surface area contributed by atoms with Crippen LogP contribution in [0.15, 0.2) is 145 Å². The van der Waals surface area contributed by atoms with E-state index >= 15 is 0 Å². The second kappa shape index (κ2) is 20.2. The van der Waals surface area contributed by atoms with Gasteiger partial charge in [-0.3, -0.25) is 0 Å². The number of pyridine rings is 4. The number of aromatic amines is 1. The van der Waals surface area contributed by atoms with Gasteiger partial charge < -0.3 is 35.4 Å². The lowest BCUT2D eigenvalue weighted by atomic mass is 10.0. The van der Waals surface area contributed by atoms with Crippen molar-refractivity contribution in [3.8, 4) is 68.4 Å². The SMILES string of the molecule is N#Cc1cc(-c2ccnc3[nH]c(-c4ccc(N)nc4)cc23)ccc1OC1CCOCC1.N#Cc1cc(-c2ccnc3c2cc(-c2ccc(N)nc2)n3S(=O)(=O)c2ccccc2)ccc1OC1CCOCC1. The van der Waals surface area contributed by atoms with Gasteiger partial charge in [-0.15, -0.1) is 0 Å². The number of nitrogens with two attached hydrogens (primary N) is 2. The van der Waals surface area contributed by atoms with Crippen LogP contribution in [0, 0.1) is 22.7 Å². The molecule has 0 aliphatic carbocycles. The van der Waals surface area contributed by atoms with E-state index in [0.29, 0.717) is 77.3 Å². The Morgan fingerprint density at radius 1 is 0.606 bits per heavy atom. The van der Waals surface area contributed by atoms with Crippen LogP contribution in [0.25, 0.3) is 66.8 Å². The molecule has 2 saturated heterocycles. The van der Waals surface area contributed by atoms with Crippen molar-refractivity contribution in [3.05, 3.63) is 151 Å². The highest BCUT2D eigenvalue weighted by atomic mass is 32.2. The number of nitrogen functional groups attached to an aromatic ring is 2. The summed E-state index contributed by atoms with van der Waals surface area (Å²) in [6.07, 6.45) is 9.89. The zero-order chi connectivity index (χ0) is 48.9. The van der Waals surface area contributed by atoms with Crippen molar-refractivity contribution in [1.82, 2.24) is 28.9 Å². The summed E-state index contributed by atoms with van der Waals surface area (Å²) in [7, 11) is -4.03. The molecule has 0 radical (unpaired) electrons.